The first-order valence-electron chi connectivity index (χ1n) is 7.99. The molecule has 124 valence electrons. The molecule has 1 aliphatic heterocycles. The third-order valence-electron chi connectivity index (χ3n) is 4.08. The molecule has 0 saturated heterocycles. The highest BCUT2D eigenvalue weighted by molar-refractivity contribution is 5.96. The van der Waals surface area contributed by atoms with Crippen LogP contribution in [-0.4, -0.2) is 37.4 Å². The first kappa shape index (κ1) is 16.1. The molecule has 2 aromatic carbocycles. The van der Waals surface area contributed by atoms with E-state index in [1.165, 1.54) is 0 Å². The van der Waals surface area contributed by atoms with Crippen molar-refractivity contribution in [2.24, 2.45) is 0 Å². The smallest absolute Gasteiger partial charge is 0.253 e. The summed E-state index contributed by atoms with van der Waals surface area (Å²) >= 11 is 0. The number of fused-ring (bicyclic) bond motifs is 1. The van der Waals surface area contributed by atoms with Crippen molar-refractivity contribution >= 4 is 23.2 Å². The molecule has 0 atom stereocenters. The van der Waals surface area contributed by atoms with Gasteiger partial charge in [-0.15, -0.1) is 0 Å². The predicted molar refractivity (Wildman–Crippen MR) is 95.2 cm³/mol. The summed E-state index contributed by atoms with van der Waals surface area (Å²) in [5.74, 6) is 0.0199. The van der Waals surface area contributed by atoms with E-state index in [0.717, 1.165) is 16.9 Å². The number of benzene rings is 2. The lowest BCUT2D eigenvalue weighted by Crippen LogP contribution is -2.25. The number of rotatable bonds is 3. The predicted octanol–water partition coefficient (Wildman–Crippen LogP) is 2.74. The molecule has 1 aliphatic rings. The lowest BCUT2D eigenvalue weighted by molar-refractivity contribution is -0.115. The topological polar surface area (TPSA) is 52.7 Å². The van der Waals surface area contributed by atoms with Crippen LogP contribution in [0.2, 0.25) is 0 Å². The Morgan fingerprint density at radius 3 is 2.75 bits per heavy atom. The van der Waals surface area contributed by atoms with Crippen molar-refractivity contribution in [1.29, 1.82) is 0 Å². The fourth-order valence-electron chi connectivity index (χ4n) is 2.87. The minimum atomic E-state index is -0.00930. The average molecular weight is 323 g/mol. The van der Waals surface area contributed by atoms with Gasteiger partial charge >= 0.3 is 0 Å². The molecule has 0 fully saturated rings. The maximum absolute atomic E-state index is 12.1. The number of hydrogen-bond acceptors (Lipinski definition) is 3. The van der Waals surface area contributed by atoms with Crippen molar-refractivity contribution in [3.05, 3.63) is 59.7 Å². The van der Waals surface area contributed by atoms with Gasteiger partial charge in [-0.2, -0.15) is 0 Å². The quantitative estimate of drug-likeness (QED) is 0.945. The molecule has 3 rings (SSSR count). The Morgan fingerprint density at radius 2 is 1.96 bits per heavy atom. The number of hydrogen-bond donors (Lipinski definition) is 1. The van der Waals surface area contributed by atoms with Gasteiger partial charge < -0.3 is 15.1 Å². The molecular weight excluding hydrogens is 302 g/mol. The molecule has 2 aromatic rings. The maximum atomic E-state index is 12.1. The van der Waals surface area contributed by atoms with Gasteiger partial charge in [-0.05, 0) is 29.8 Å². The van der Waals surface area contributed by atoms with Crippen LogP contribution in [0.4, 0.5) is 11.4 Å². The number of amides is 2. The lowest BCUT2D eigenvalue weighted by atomic mass is 10.1. The van der Waals surface area contributed by atoms with Gasteiger partial charge in [-0.1, -0.05) is 24.3 Å². The van der Waals surface area contributed by atoms with E-state index in [0.29, 0.717) is 25.1 Å². The van der Waals surface area contributed by atoms with Gasteiger partial charge in [0, 0.05) is 39.2 Å². The zero-order chi connectivity index (χ0) is 17.1. The van der Waals surface area contributed by atoms with Crippen LogP contribution in [-0.2, 0) is 11.3 Å². The Bertz CT molecular complexity index is 771. The van der Waals surface area contributed by atoms with Crippen LogP contribution in [0.5, 0.6) is 0 Å². The zero-order valence-electron chi connectivity index (χ0n) is 14.0. The van der Waals surface area contributed by atoms with Crippen molar-refractivity contribution < 1.29 is 9.59 Å². The third kappa shape index (κ3) is 3.40. The molecule has 0 saturated carbocycles. The summed E-state index contributed by atoms with van der Waals surface area (Å²) in [7, 11) is 3.49. The molecule has 0 spiro atoms. The summed E-state index contributed by atoms with van der Waals surface area (Å²) < 4.78 is 0. The van der Waals surface area contributed by atoms with Gasteiger partial charge in [0.05, 0.1) is 11.4 Å². The van der Waals surface area contributed by atoms with Gasteiger partial charge in [-0.3, -0.25) is 9.59 Å². The van der Waals surface area contributed by atoms with E-state index in [2.05, 4.69) is 10.2 Å². The maximum Gasteiger partial charge on any atom is 0.253 e. The number of nitrogens with zero attached hydrogens (tertiary/aromatic N) is 2. The minimum absolute atomic E-state index is 0.00930. The van der Waals surface area contributed by atoms with Gasteiger partial charge in [0.25, 0.3) is 5.91 Å². The molecule has 0 aliphatic carbocycles. The van der Waals surface area contributed by atoms with Gasteiger partial charge in [-0.25, -0.2) is 0 Å². The van der Waals surface area contributed by atoms with Crippen molar-refractivity contribution in [3.63, 3.8) is 0 Å². The van der Waals surface area contributed by atoms with Crippen LogP contribution in [0.3, 0.4) is 0 Å². The highest BCUT2D eigenvalue weighted by Gasteiger charge is 2.19. The average Bonchev–Trinajstić information content (AvgIpc) is 2.73. The van der Waals surface area contributed by atoms with Gasteiger partial charge in [0.1, 0.15) is 0 Å². The van der Waals surface area contributed by atoms with Crippen LogP contribution in [0.15, 0.2) is 48.5 Å². The molecular formula is C19H21N3O2. The summed E-state index contributed by atoms with van der Waals surface area (Å²) in [5.41, 5.74) is 3.56. The second kappa shape index (κ2) is 6.74. The van der Waals surface area contributed by atoms with E-state index in [1.807, 2.05) is 48.5 Å². The normalized spacial score (nSPS) is 13.8. The SMILES string of the molecule is CN(C)C(=O)c1cccc(CN2CCC(=O)Nc3ccccc32)c1. The molecule has 1 N–H and O–H groups in total. The largest absolute Gasteiger partial charge is 0.365 e. The molecule has 24 heavy (non-hydrogen) atoms. The van der Waals surface area contributed by atoms with E-state index >= 15 is 0 Å². The summed E-state index contributed by atoms with van der Waals surface area (Å²) in [6.07, 6.45) is 0.449. The van der Waals surface area contributed by atoms with Crippen molar-refractivity contribution in [1.82, 2.24) is 4.90 Å². The molecule has 1 heterocycles. The first-order valence-corrected chi connectivity index (χ1v) is 7.99. The highest BCUT2D eigenvalue weighted by atomic mass is 16.2. The zero-order valence-corrected chi connectivity index (χ0v) is 14.0. The van der Waals surface area contributed by atoms with Gasteiger partial charge in [0.2, 0.25) is 5.91 Å². The summed E-state index contributed by atoms with van der Waals surface area (Å²) in [4.78, 5) is 27.8. The Balaban J connectivity index is 1.87. The minimum Gasteiger partial charge on any atom is -0.365 e. The molecule has 5 nitrogen and oxygen atoms in total. The monoisotopic (exact) mass is 323 g/mol. The number of nitrogens with one attached hydrogen (secondary N) is 1. The molecule has 0 bridgehead atoms. The number of carbonyl (C=O) groups is 2. The Morgan fingerprint density at radius 1 is 1.17 bits per heavy atom. The fraction of sp³-hybridized carbons (Fsp3) is 0.263. The second-order valence-electron chi connectivity index (χ2n) is 6.14. The number of para-hydroxylation sites is 2. The molecule has 5 heteroatoms. The number of carbonyl (C=O) groups excluding carboxylic acids is 2. The van der Waals surface area contributed by atoms with Crippen molar-refractivity contribution in [3.8, 4) is 0 Å². The highest BCUT2D eigenvalue weighted by Crippen LogP contribution is 2.29. The Labute approximate surface area is 141 Å². The van der Waals surface area contributed by atoms with E-state index < -0.39 is 0 Å². The third-order valence-corrected chi connectivity index (χ3v) is 4.08. The van der Waals surface area contributed by atoms with E-state index in [4.69, 9.17) is 0 Å². The van der Waals surface area contributed by atoms with E-state index in [1.54, 1.807) is 19.0 Å². The van der Waals surface area contributed by atoms with E-state index in [-0.39, 0.29) is 11.8 Å². The van der Waals surface area contributed by atoms with Crippen molar-refractivity contribution in [2.45, 2.75) is 13.0 Å². The summed E-state index contributed by atoms with van der Waals surface area (Å²) in [6, 6.07) is 15.5. The number of anilines is 2. The lowest BCUT2D eigenvalue weighted by Gasteiger charge is -2.24. The summed E-state index contributed by atoms with van der Waals surface area (Å²) in [5, 5.41) is 2.94. The Hall–Kier alpha value is -2.82. The van der Waals surface area contributed by atoms with Crippen LogP contribution in [0.25, 0.3) is 0 Å². The van der Waals surface area contributed by atoms with Crippen LogP contribution in [0, 0.1) is 0 Å². The second-order valence-corrected chi connectivity index (χ2v) is 6.14. The van der Waals surface area contributed by atoms with Crippen LogP contribution < -0.4 is 10.2 Å². The first-order chi connectivity index (χ1) is 11.5. The van der Waals surface area contributed by atoms with E-state index in [9.17, 15) is 9.59 Å². The summed E-state index contributed by atoms with van der Waals surface area (Å²) in [6.45, 7) is 1.30. The van der Waals surface area contributed by atoms with Crippen LogP contribution >= 0.6 is 0 Å². The standard InChI is InChI=1S/C19H21N3O2/c1-21(2)19(24)15-7-5-6-14(12-15)13-22-11-10-18(23)20-16-8-3-4-9-17(16)22/h3-9,12H,10-11,13H2,1-2H3,(H,20,23). The Kier molecular flexibility index (Phi) is 4.51. The molecule has 0 radical (unpaired) electrons. The molecule has 2 amide bonds. The molecule has 0 aromatic heterocycles. The fourth-order valence-corrected chi connectivity index (χ4v) is 2.87. The van der Waals surface area contributed by atoms with Gasteiger partial charge in [0.15, 0.2) is 0 Å². The van der Waals surface area contributed by atoms with Crippen molar-refractivity contribution in [2.75, 3.05) is 30.9 Å². The van der Waals surface area contributed by atoms with Crippen LogP contribution in [0.1, 0.15) is 22.3 Å². The molecule has 0 unspecified atom stereocenters.